The lowest BCUT2D eigenvalue weighted by Gasteiger charge is -2.14. The Labute approximate surface area is 139 Å². The quantitative estimate of drug-likeness (QED) is 0.445. The molecular weight excluding hydrogens is 314 g/mol. The molecule has 0 heterocycles. The largest absolute Gasteiger partial charge is 0.494 e. The highest BCUT2D eigenvalue weighted by atomic mass is 16.6. The molecule has 0 aliphatic heterocycles. The van der Waals surface area contributed by atoms with Crippen LogP contribution in [0.2, 0.25) is 0 Å². The predicted molar refractivity (Wildman–Crippen MR) is 87.1 cm³/mol. The van der Waals surface area contributed by atoms with Crippen LogP contribution in [0.25, 0.3) is 0 Å². The molecule has 0 radical (unpaired) electrons. The van der Waals surface area contributed by atoms with Gasteiger partial charge in [0.2, 0.25) is 5.76 Å². The van der Waals surface area contributed by atoms with Gasteiger partial charge in [0.15, 0.2) is 11.4 Å². The molecule has 0 saturated carbocycles. The molecule has 0 atom stereocenters. The van der Waals surface area contributed by atoms with Gasteiger partial charge in [-0.25, -0.2) is 4.79 Å². The Morgan fingerprint density at radius 3 is 2.75 bits per heavy atom. The first-order valence-corrected chi connectivity index (χ1v) is 7.17. The fourth-order valence-electron chi connectivity index (χ4n) is 2.12. The monoisotopic (exact) mass is 334 g/mol. The lowest BCUT2D eigenvalue weighted by Crippen LogP contribution is -2.27. The molecule has 0 fully saturated rings. The van der Waals surface area contributed by atoms with E-state index in [-0.39, 0.29) is 17.1 Å². The second kappa shape index (κ2) is 7.51. The molecule has 1 aliphatic carbocycles. The normalized spacial score (nSPS) is 15.4. The molecule has 0 saturated heterocycles. The van der Waals surface area contributed by atoms with E-state index in [1.165, 1.54) is 12.0 Å². The van der Waals surface area contributed by atoms with Crippen molar-refractivity contribution in [3.8, 4) is 5.75 Å². The van der Waals surface area contributed by atoms with E-state index in [4.69, 9.17) is 9.47 Å². The van der Waals surface area contributed by atoms with Crippen molar-refractivity contribution in [2.45, 2.75) is 6.42 Å². The smallest absolute Gasteiger partial charge is 0.414 e. The SMILES string of the molecule is COc1cccc(/[N+](O)=C2\CC=CC=C2OC(=O)N(C)C)c1NO. The molecular formula is C16H20N3O5+. The van der Waals surface area contributed by atoms with E-state index in [1.54, 1.807) is 50.5 Å². The summed E-state index contributed by atoms with van der Waals surface area (Å²) >= 11 is 0. The second-order valence-electron chi connectivity index (χ2n) is 5.15. The van der Waals surface area contributed by atoms with Crippen LogP contribution in [0.15, 0.2) is 42.2 Å². The second-order valence-corrected chi connectivity index (χ2v) is 5.15. The maximum absolute atomic E-state index is 11.8. The Morgan fingerprint density at radius 1 is 1.38 bits per heavy atom. The van der Waals surface area contributed by atoms with Gasteiger partial charge in [-0.15, -0.1) is 0 Å². The van der Waals surface area contributed by atoms with Crippen molar-refractivity contribution < 1.29 is 29.4 Å². The summed E-state index contributed by atoms with van der Waals surface area (Å²) < 4.78 is 11.3. The van der Waals surface area contributed by atoms with E-state index in [9.17, 15) is 15.2 Å². The standard InChI is InChI=1S/C16H20N3O5/c1-18(2)16(20)24-13-9-5-4-7-11(13)19(22)12-8-6-10-14(23-3)15(12)17-21/h4-6,8-10,17,21-22H,7H2,1-3H3/q+1/b19-11-. The van der Waals surface area contributed by atoms with Crippen LogP contribution in [0, 0.1) is 0 Å². The molecule has 2 rings (SSSR count). The van der Waals surface area contributed by atoms with Crippen molar-refractivity contribution in [1.29, 1.82) is 0 Å². The van der Waals surface area contributed by atoms with Crippen LogP contribution in [0.3, 0.4) is 0 Å². The van der Waals surface area contributed by atoms with Gasteiger partial charge in [-0.3, -0.25) is 15.9 Å². The van der Waals surface area contributed by atoms with E-state index in [1.807, 2.05) is 5.48 Å². The number of anilines is 1. The van der Waals surface area contributed by atoms with Crippen LogP contribution >= 0.6 is 0 Å². The third-order valence-electron chi connectivity index (χ3n) is 3.36. The fourth-order valence-corrected chi connectivity index (χ4v) is 2.12. The average Bonchev–Trinajstić information content (AvgIpc) is 2.60. The zero-order valence-corrected chi connectivity index (χ0v) is 13.7. The number of ether oxygens (including phenoxy) is 2. The summed E-state index contributed by atoms with van der Waals surface area (Å²) in [4.78, 5) is 13.1. The van der Waals surface area contributed by atoms with Crippen LogP contribution in [0.4, 0.5) is 16.2 Å². The van der Waals surface area contributed by atoms with Gasteiger partial charge in [0, 0.05) is 24.9 Å². The van der Waals surface area contributed by atoms with Crippen LogP contribution in [-0.4, -0.2) is 53.1 Å². The Hall–Kier alpha value is -3.00. The number of para-hydroxylation sites is 1. The van der Waals surface area contributed by atoms with Gasteiger partial charge in [-0.1, -0.05) is 18.2 Å². The number of allylic oxidation sites excluding steroid dienone is 4. The number of amides is 1. The summed E-state index contributed by atoms with van der Waals surface area (Å²) in [7, 11) is 4.57. The zero-order valence-electron chi connectivity index (χ0n) is 13.7. The first-order chi connectivity index (χ1) is 11.5. The fraction of sp³-hybridized carbons (Fsp3) is 0.250. The van der Waals surface area contributed by atoms with E-state index in [2.05, 4.69) is 0 Å². The molecule has 1 aromatic carbocycles. The van der Waals surface area contributed by atoms with Gasteiger partial charge in [0.05, 0.1) is 13.5 Å². The third-order valence-corrected chi connectivity index (χ3v) is 3.36. The summed E-state index contributed by atoms with van der Waals surface area (Å²) in [6.07, 6.45) is 4.89. The number of hydrogen-bond acceptors (Lipinski definition) is 6. The number of hydrogen-bond donors (Lipinski definition) is 3. The molecule has 1 amide bonds. The summed E-state index contributed by atoms with van der Waals surface area (Å²) in [6, 6.07) is 4.87. The number of nitrogens with one attached hydrogen (secondary N) is 1. The molecule has 24 heavy (non-hydrogen) atoms. The van der Waals surface area contributed by atoms with E-state index in [0.717, 1.165) is 4.74 Å². The molecule has 0 unspecified atom stereocenters. The van der Waals surface area contributed by atoms with Gasteiger partial charge in [0.1, 0.15) is 0 Å². The van der Waals surface area contributed by atoms with E-state index >= 15 is 0 Å². The van der Waals surface area contributed by atoms with Crippen LogP contribution in [-0.2, 0) is 4.74 Å². The molecule has 0 spiro atoms. The highest BCUT2D eigenvalue weighted by molar-refractivity contribution is 5.99. The average molecular weight is 334 g/mol. The number of carbonyl (C=O) groups is 1. The molecule has 128 valence electrons. The summed E-state index contributed by atoms with van der Waals surface area (Å²) in [5, 5.41) is 20.0. The molecule has 0 bridgehead atoms. The maximum Gasteiger partial charge on any atom is 0.414 e. The first kappa shape index (κ1) is 17.4. The Kier molecular flexibility index (Phi) is 5.43. The van der Waals surface area contributed by atoms with Crippen LogP contribution in [0.5, 0.6) is 5.75 Å². The number of benzene rings is 1. The zero-order chi connectivity index (χ0) is 17.7. The minimum absolute atomic E-state index is 0.183. The number of rotatable bonds is 4. The predicted octanol–water partition coefficient (Wildman–Crippen LogP) is 2.51. The molecule has 3 N–H and O–H groups in total. The van der Waals surface area contributed by atoms with Gasteiger partial charge >= 0.3 is 6.09 Å². The lowest BCUT2D eigenvalue weighted by molar-refractivity contribution is -0.713. The molecule has 8 heteroatoms. The maximum atomic E-state index is 11.8. The van der Waals surface area contributed by atoms with Crippen molar-refractivity contribution in [3.63, 3.8) is 0 Å². The van der Waals surface area contributed by atoms with Crippen LogP contribution in [0.1, 0.15) is 6.42 Å². The van der Waals surface area contributed by atoms with Crippen molar-refractivity contribution in [3.05, 3.63) is 42.2 Å². The van der Waals surface area contributed by atoms with Crippen LogP contribution < -0.4 is 10.2 Å². The Balaban J connectivity index is 2.48. The van der Waals surface area contributed by atoms with Crippen molar-refractivity contribution in [2.75, 3.05) is 26.7 Å². The van der Waals surface area contributed by atoms with Gasteiger partial charge in [-0.05, 0) is 12.1 Å². The highest BCUT2D eigenvalue weighted by Crippen LogP contribution is 2.34. The van der Waals surface area contributed by atoms with E-state index in [0.29, 0.717) is 17.9 Å². The summed E-state index contributed by atoms with van der Waals surface area (Å²) in [5.41, 5.74) is 2.79. The Bertz CT molecular complexity index is 722. The van der Waals surface area contributed by atoms with Gasteiger partial charge < -0.3 is 14.4 Å². The molecule has 1 aliphatic rings. The number of nitrogens with zero attached hydrogens (tertiary/aromatic N) is 2. The first-order valence-electron chi connectivity index (χ1n) is 7.17. The summed E-state index contributed by atoms with van der Waals surface area (Å²) in [6.45, 7) is 0. The van der Waals surface area contributed by atoms with Crippen molar-refractivity contribution in [2.24, 2.45) is 0 Å². The van der Waals surface area contributed by atoms with Gasteiger partial charge in [-0.2, -0.15) is 0 Å². The minimum Gasteiger partial charge on any atom is -0.494 e. The topological polar surface area (TPSA) is 94.3 Å². The number of carbonyl (C=O) groups excluding carboxylic acids is 1. The lowest BCUT2D eigenvalue weighted by atomic mass is 10.1. The highest BCUT2D eigenvalue weighted by Gasteiger charge is 2.29. The van der Waals surface area contributed by atoms with Gasteiger partial charge in [0.25, 0.3) is 11.4 Å². The van der Waals surface area contributed by atoms with E-state index < -0.39 is 6.09 Å². The summed E-state index contributed by atoms with van der Waals surface area (Å²) in [5.74, 6) is 0.558. The number of methoxy groups -OCH3 is 1. The third kappa shape index (κ3) is 3.49. The minimum atomic E-state index is -0.561. The van der Waals surface area contributed by atoms with Crippen molar-refractivity contribution in [1.82, 2.24) is 4.90 Å². The van der Waals surface area contributed by atoms with Crippen molar-refractivity contribution >= 4 is 23.2 Å². The molecule has 8 nitrogen and oxygen atoms in total. The molecule has 0 aromatic heterocycles. The Morgan fingerprint density at radius 2 is 2.12 bits per heavy atom. The molecule has 1 aromatic rings.